The van der Waals surface area contributed by atoms with Gasteiger partial charge in [-0.2, -0.15) is 0 Å². The topological polar surface area (TPSA) is 96.9 Å². The molecule has 1 unspecified atom stereocenters. The molecule has 7 nitrogen and oxygen atoms in total. The highest BCUT2D eigenvalue weighted by molar-refractivity contribution is 5.92. The molecule has 0 aromatic heterocycles. The first kappa shape index (κ1) is 16.6. The highest BCUT2D eigenvalue weighted by atomic mass is 16.5. The van der Waals surface area contributed by atoms with Gasteiger partial charge in [0.1, 0.15) is 6.04 Å². The van der Waals surface area contributed by atoms with Crippen LogP contribution in [0.15, 0.2) is 18.2 Å². The zero-order valence-corrected chi connectivity index (χ0v) is 12.5. The number of carbonyl (C=O) groups excluding carboxylic acids is 1. The van der Waals surface area contributed by atoms with E-state index in [0.717, 1.165) is 0 Å². The third-order valence-corrected chi connectivity index (χ3v) is 2.86. The Morgan fingerprint density at radius 1 is 1.14 bits per heavy atom. The number of benzene rings is 1. The fourth-order valence-electron chi connectivity index (χ4n) is 1.74. The van der Waals surface area contributed by atoms with Gasteiger partial charge in [0.05, 0.1) is 14.2 Å². The molecule has 1 rings (SSSR count). The van der Waals surface area contributed by atoms with Crippen molar-refractivity contribution in [3.63, 3.8) is 0 Å². The first-order valence-electron chi connectivity index (χ1n) is 6.41. The van der Waals surface area contributed by atoms with Crippen molar-refractivity contribution in [3.8, 4) is 11.5 Å². The minimum Gasteiger partial charge on any atom is -0.493 e. The molecule has 0 saturated carbocycles. The van der Waals surface area contributed by atoms with E-state index in [0.29, 0.717) is 17.2 Å². The number of nitrogens with one attached hydrogen (secondary N) is 2. The van der Waals surface area contributed by atoms with E-state index < -0.39 is 18.0 Å². The summed E-state index contributed by atoms with van der Waals surface area (Å²) in [4.78, 5) is 22.9. The minimum absolute atomic E-state index is 0.223. The number of anilines is 1. The van der Waals surface area contributed by atoms with Crippen LogP contribution in [-0.4, -0.2) is 37.4 Å². The molecular formula is C14H20N2O5. The van der Waals surface area contributed by atoms with Crippen molar-refractivity contribution in [3.05, 3.63) is 18.2 Å². The Morgan fingerprint density at radius 2 is 1.76 bits per heavy atom. The second kappa shape index (κ2) is 7.37. The molecule has 21 heavy (non-hydrogen) atoms. The first-order chi connectivity index (χ1) is 9.88. The smallest absolute Gasteiger partial charge is 0.326 e. The van der Waals surface area contributed by atoms with Crippen molar-refractivity contribution >= 4 is 17.7 Å². The number of hydrogen-bond acceptors (Lipinski definition) is 4. The number of methoxy groups -OCH3 is 2. The minimum atomic E-state index is -1.08. The molecule has 0 aliphatic carbocycles. The van der Waals surface area contributed by atoms with Crippen molar-refractivity contribution in [1.82, 2.24) is 5.32 Å². The van der Waals surface area contributed by atoms with Gasteiger partial charge in [-0.3, -0.25) is 0 Å². The number of carboxylic acid groups (broad SMARTS) is 1. The van der Waals surface area contributed by atoms with Crippen LogP contribution in [0, 0.1) is 5.92 Å². The molecule has 2 amide bonds. The van der Waals surface area contributed by atoms with Gasteiger partial charge < -0.3 is 25.2 Å². The second-order valence-electron chi connectivity index (χ2n) is 4.73. The highest BCUT2D eigenvalue weighted by Crippen LogP contribution is 2.29. The summed E-state index contributed by atoms with van der Waals surface area (Å²) in [5.41, 5.74) is 0.470. The Kier molecular flexibility index (Phi) is 5.83. The summed E-state index contributed by atoms with van der Waals surface area (Å²) in [6.07, 6.45) is 0. The Balaban J connectivity index is 2.77. The fourth-order valence-corrected chi connectivity index (χ4v) is 1.74. The van der Waals surface area contributed by atoms with Crippen LogP contribution in [0.5, 0.6) is 11.5 Å². The molecule has 0 radical (unpaired) electrons. The molecule has 0 aliphatic heterocycles. The van der Waals surface area contributed by atoms with Gasteiger partial charge in [0.2, 0.25) is 0 Å². The number of aliphatic carboxylic acids is 1. The van der Waals surface area contributed by atoms with Gasteiger partial charge in [0.15, 0.2) is 11.5 Å². The molecule has 0 bridgehead atoms. The number of carbonyl (C=O) groups is 2. The summed E-state index contributed by atoms with van der Waals surface area (Å²) in [6, 6.07) is 3.31. The van der Waals surface area contributed by atoms with Crippen LogP contribution in [0.3, 0.4) is 0 Å². The lowest BCUT2D eigenvalue weighted by Crippen LogP contribution is -2.46. The van der Waals surface area contributed by atoms with E-state index in [-0.39, 0.29) is 5.92 Å². The molecule has 1 atom stereocenters. The predicted molar refractivity (Wildman–Crippen MR) is 78.0 cm³/mol. The number of urea groups is 1. The van der Waals surface area contributed by atoms with Gasteiger partial charge in [-0.25, -0.2) is 9.59 Å². The number of ether oxygens (including phenoxy) is 2. The van der Waals surface area contributed by atoms with Gasteiger partial charge in [-0.1, -0.05) is 13.8 Å². The molecule has 0 spiro atoms. The maximum absolute atomic E-state index is 11.8. The van der Waals surface area contributed by atoms with E-state index in [1.165, 1.54) is 14.2 Å². The Morgan fingerprint density at radius 3 is 2.24 bits per heavy atom. The van der Waals surface area contributed by atoms with Crippen molar-refractivity contribution in [1.29, 1.82) is 0 Å². The summed E-state index contributed by atoms with van der Waals surface area (Å²) in [5, 5.41) is 14.0. The van der Waals surface area contributed by atoms with Crippen LogP contribution in [-0.2, 0) is 4.79 Å². The number of carboxylic acids is 1. The summed E-state index contributed by atoms with van der Waals surface area (Å²) < 4.78 is 10.2. The van der Waals surface area contributed by atoms with E-state index in [9.17, 15) is 9.59 Å². The monoisotopic (exact) mass is 296 g/mol. The van der Waals surface area contributed by atoms with Gasteiger partial charge in [0.25, 0.3) is 0 Å². The van der Waals surface area contributed by atoms with Crippen LogP contribution in [0.4, 0.5) is 10.5 Å². The van der Waals surface area contributed by atoms with Crippen molar-refractivity contribution in [2.24, 2.45) is 5.92 Å². The van der Waals surface area contributed by atoms with Crippen LogP contribution in [0.25, 0.3) is 0 Å². The SMILES string of the molecule is COc1ccc(NC(=O)NC(C(=O)O)C(C)C)cc1OC. The molecular weight excluding hydrogens is 276 g/mol. The molecule has 0 heterocycles. The van der Waals surface area contributed by atoms with Crippen LogP contribution >= 0.6 is 0 Å². The molecule has 116 valence electrons. The zero-order chi connectivity index (χ0) is 16.0. The van der Waals surface area contributed by atoms with E-state index in [2.05, 4.69) is 10.6 Å². The third kappa shape index (κ3) is 4.55. The molecule has 1 aromatic carbocycles. The molecule has 0 fully saturated rings. The fraction of sp³-hybridized carbons (Fsp3) is 0.429. The molecule has 0 aliphatic rings. The molecule has 3 N–H and O–H groups in total. The van der Waals surface area contributed by atoms with Crippen LogP contribution in [0.2, 0.25) is 0 Å². The average Bonchev–Trinajstić information content (AvgIpc) is 2.43. The third-order valence-electron chi connectivity index (χ3n) is 2.86. The summed E-state index contributed by atoms with van der Waals surface area (Å²) >= 11 is 0. The lowest BCUT2D eigenvalue weighted by molar-refractivity contribution is -0.140. The van der Waals surface area contributed by atoms with Crippen LogP contribution in [0.1, 0.15) is 13.8 Å². The zero-order valence-electron chi connectivity index (χ0n) is 12.5. The quantitative estimate of drug-likeness (QED) is 0.745. The van der Waals surface area contributed by atoms with Crippen molar-refractivity contribution < 1.29 is 24.2 Å². The molecule has 7 heteroatoms. The second-order valence-corrected chi connectivity index (χ2v) is 4.73. The van der Waals surface area contributed by atoms with E-state index in [1.54, 1.807) is 32.0 Å². The normalized spacial score (nSPS) is 11.7. The number of amides is 2. The average molecular weight is 296 g/mol. The standard InChI is InChI=1S/C14H20N2O5/c1-8(2)12(13(17)18)16-14(19)15-9-5-6-10(20-3)11(7-9)21-4/h5-8,12H,1-4H3,(H,17,18)(H2,15,16,19). The summed E-state index contributed by atoms with van der Waals surface area (Å²) in [7, 11) is 3.00. The Labute approximate surface area is 123 Å². The van der Waals surface area contributed by atoms with Gasteiger partial charge in [0, 0.05) is 11.8 Å². The van der Waals surface area contributed by atoms with Crippen molar-refractivity contribution in [2.75, 3.05) is 19.5 Å². The maximum Gasteiger partial charge on any atom is 0.326 e. The highest BCUT2D eigenvalue weighted by Gasteiger charge is 2.23. The maximum atomic E-state index is 11.8. The molecule has 0 saturated heterocycles. The van der Waals surface area contributed by atoms with Crippen molar-refractivity contribution in [2.45, 2.75) is 19.9 Å². The van der Waals surface area contributed by atoms with Crippen LogP contribution < -0.4 is 20.1 Å². The Bertz CT molecular complexity index is 516. The van der Waals surface area contributed by atoms with E-state index in [4.69, 9.17) is 14.6 Å². The Hall–Kier alpha value is -2.44. The van der Waals surface area contributed by atoms with Gasteiger partial charge in [-0.05, 0) is 18.1 Å². The lowest BCUT2D eigenvalue weighted by atomic mass is 10.1. The van der Waals surface area contributed by atoms with E-state index in [1.807, 2.05) is 0 Å². The van der Waals surface area contributed by atoms with Gasteiger partial charge >= 0.3 is 12.0 Å². The predicted octanol–water partition coefficient (Wildman–Crippen LogP) is 1.93. The summed E-state index contributed by atoms with van der Waals surface area (Å²) in [5.74, 6) is -0.297. The van der Waals surface area contributed by atoms with E-state index >= 15 is 0 Å². The van der Waals surface area contributed by atoms with Gasteiger partial charge in [-0.15, -0.1) is 0 Å². The first-order valence-corrected chi connectivity index (χ1v) is 6.41. The largest absolute Gasteiger partial charge is 0.493 e. The number of rotatable bonds is 6. The summed E-state index contributed by atoms with van der Waals surface area (Å²) in [6.45, 7) is 3.44. The molecule has 1 aromatic rings. The lowest BCUT2D eigenvalue weighted by Gasteiger charge is -2.18. The number of hydrogen-bond donors (Lipinski definition) is 3.